The summed E-state index contributed by atoms with van der Waals surface area (Å²) >= 11 is 0. The van der Waals surface area contributed by atoms with Crippen LogP contribution in [0.3, 0.4) is 0 Å². The van der Waals surface area contributed by atoms with Gasteiger partial charge in [0.25, 0.3) is 23.6 Å². The number of hydrogen-bond donors (Lipinski definition) is 2. The lowest BCUT2D eigenvalue weighted by Gasteiger charge is -2.34. The molecule has 71 heavy (non-hydrogen) atoms. The third-order valence-electron chi connectivity index (χ3n) is 14.3. The highest BCUT2D eigenvalue weighted by Gasteiger charge is 2.45. The first-order chi connectivity index (χ1) is 34.4. The van der Waals surface area contributed by atoms with Crippen LogP contribution < -0.4 is 20.4 Å². The molecule has 6 atom stereocenters. The molecule has 4 aliphatic heterocycles. The van der Waals surface area contributed by atoms with E-state index in [1.807, 2.05) is 98.7 Å². The van der Waals surface area contributed by atoms with Crippen LogP contribution in [-0.2, 0) is 28.8 Å². The van der Waals surface area contributed by atoms with Gasteiger partial charge in [0.15, 0.2) is 5.76 Å². The van der Waals surface area contributed by atoms with Gasteiger partial charge < -0.3 is 24.9 Å². The highest BCUT2D eigenvalue weighted by Crippen LogP contribution is 2.34. The van der Waals surface area contributed by atoms with Crippen LogP contribution in [-0.4, -0.2) is 139 Å². The molecular formula is C55H63N9O7. The molecule has 5 aromatic rings. The maximum absolute atomic E-state index is 14.7. The molecule has 0 spiro atoms. The van der Waals surface area contributed by atoms with Crippen LogP contribution >= 0.6 is 0 Å². The molecule has 4 saturated heterocycles. The molecule has 16 heteroatoms. The Balaban J connectivity index is 0.938. The highest BCUT2D eigenvalue weighted by molar-refractivity contribution is 6.20. The number of carbonyl (C=O) groups excluding carboxylic acids is 6. The number of imide groups is 2. The maximum Gasteiger partial charge on any atom is 0.256 e. The second kappa shape index (κ2) is 21.6. The molecule has 2 N–H and O–H groups in total. The van der Waals surface area contributed by atoms with E-state index < -0.39 is 48.1 Å². The molecule has 0 radical (unpaired) electrons. The lowest BCUT2D eigenvalue weighted by Crippen LogP contribution is -2.55. The van der Waals surface area contributed by atoms with Crippen molar-refractivity contribution < 1.29 is 33.2 Å². The summed E-state index contributed by atoms with van der Waals surface area (Å²) in [5, 5.41) is 6.50. The summed E-state index contributed by atoms with van der Waals surface area (Å²) in [4.78, 5) is 100. The number of oxazole rings is 1. The summed E-state index contributed by atoms with van der Waals surface area (Å²) < 4.78 is 6.29. The first-order valence-corrected chi connectivity index (χ1v) is 24.8. The zero-order valence-corrected chi connectivity index (χ0v) is 40.9. The average molecular weight is 962 g/mol. The van der Waals surface area contributed by atoms with Crippen molar-refractivity contribution in [1.29, 1.82) is 0 Å². The lowest BCUT2D eigenvalue weighted by atomic mass is 10.0. The van der Waals surface area contributed by atoms with Crippen molar-refractivity contribution in [3.8, 4) is 22.8 Å². The summed E-state index contributed by atoms with van der Waals surface area (Å²) in [5.74, 6) is -1.21. The van der Waals surface area contributed by atoms with Gasteiger partial charge in [0.05, 0.1) is 29.7 Å². The normalized spacial score (nSPS) is 20.9. The van der Waals surface area contributed by atoms with Crippen molar-refractivity contribution in [2.24, 2.45) is 0 Å². The van der Waals surface area contributed by atoms with Crippen LogP contribution in [0.25, 0.3) is 22.8 Å². The molecule has 370 valence electrons. The second-order valence-electron chi connectivity index (χ2n) is 19.4. The van der Waals surface area contributed by atoms with Crippen molar-refractivity contribution in [2.45, 2.75) is 87.6 Å². The Bertz CT molecular complexity index is 2520. The number of aromatic nitrogens is 1. The van der Waals surface area contributed by atoms with Gasteiger partial charge in [-0.2, -0.15) is 0 Å². The van der Waals surface area contributed by atoms with Gasteiger partial charge in [0.2, 0.25) is 17.7 Å². The summed E-state index contributed by atoms with van der Waals surface area (Å²) in [6.45, 7) is 2.16. The number of nitrogens with zero attached hydrogens (tertiary/aromatic N) is 7. The first-order valence-electron chi connectivity index (χ1n) is 24.8. The third kappa shape index (κ3) is 10.2. The summed E-state index contributed by atoms with van der Waals surface area (Å²) in [5.41, 5.74) is 3.69. The predicted octanol–water partition coefficient (Wildman–Crippen LogP) is 5.82. The molecule has 5 heterocycles. The van der Waals surface area contributed by atoms with Crippen molar-refractivity contribution in [2.75, 3.05) is 64.2 Å². The average Bonchev–Trinajstić information content (AvgIpc) is 4.25. The monoisotopic (exact) mass is 961 g/mol. The first kappa shape index (κ1) is 49.1. The third-order valence-corrected chi connectivity index (χ3v) is 14.3. The smallest absolute Gasteiger partial charge is 0.256 e. The Morgan fingerprint density at radius 1 is 0.535 bits per heavy atom. The molecule has 1 unspecified atom stereocenters. The minimum atomic E-state index is -0.815. The van der Waals surface area contributed by atoms with Crippen LogP contribution in [0.2, 0.25) is 0 Å². The fraction of sp³-hybridized carbons (Fsp3) is 0.400. The molecular weight excluding hydrogens is 899 g/mol. The summed E-state index contributed by atoms with van der Waals surface area (Å²) in [7, 11) is 7.39. The van der Waals surface area contributed by atoms with E-state index in [0.717, 1.165) is 24.0 Å². The van der Waals surface area contributed by atoms with E-state index in [1.54, 1.807) is 64.5 Å². The minimum Gasteiger partial charge on any atom is -0.436 e. The molecule has 1 aromatic heterocycles. The molecule has 4 aliphatic rings. The maximum atomic E-state index is 14.7. The van der Waals surface area contributed by atoms with E-state index in [4.69, 9.17) is 4.42 Å². The van der Waals surface area contributed by atoms with E-state index in [2.05, 4.69) is 15.6 Å². The van der Waals surface area contributed by atoms with Gasteiger partial charge in [-0.25, -0.2) is 14.8 Å². The number of amides is 6. The van der Waals surface area contributed by atoms with Gasteiger partial charge in [-0.15, -0.1) is 0 Å². The molecule has 9 rings (SSSR count). The highest BCUT2D eigenvalue weighted by atomic mass is 16.4. The summed E-state index contributed by atoms with van der Waals surface area (Å²) in [6, 6.07) is 29.0. The number of rotatable bonds is 14. The van der Waals surface area contributed by atoms with Gasteiger partial charge in [-0.3, -0.25) is 38.6 Å². The number of nitrogens with one attached hydrogen (secondary N) is 2. The zero-order chi connectivity index (χ0) is 49.8. The molecule has 0 saturated carbocycles. The fourth-order valence-electron chi connectivity index (χ4n) is 10.7. The number of likely N-dealkylation sites (N-methyl/N-ethyl adjacent to an activating group) is 2. The number of benzene rings is 4. The molecule has 16 nitrogen and oxygen atoms in total. The quantitative estimate of drug-likeness (QED) is 0.128. The Morgan fingerprint density at radius 3 is 1.35 bits per heavy atom. The lowest BCUT2D eigenvalue weighted by molar-refractivity contribution is -0.142. The van der Waals surface area contributed by atoms with Crippen LogP contribution in [0.4, 0.5) is 11.4 Å². The number of likely N-dealkylation sites (tertiary alicyclic amines) is 2. The van der Waals surface area contributed by atoms with Crippen molar-refractivity contribution in [1.82, 2.24) is 35.2 Å². The Kier molecular flexibility index (Phi) is 15.0. The van der Waals surface area contributed by atoms with Gasteiger partial charge in [-0.05, 0) is 152 Å². The van der Waals surface area contributed by atoms with Gasteiger partial charge in [0.1, 0.15) is 24.2 Å². The topological polar surface area (TPSA) is 172 Å². The largest absolute Gasteiger partial charge is 0.436 e. The molecule has 0 bridgehead atoms. The Morgan fingerprint density at radius 2 is 0.958 bits per heavy atom. The molecule has 0 aliphatic carbocycles. The SMILES string of the molecule is CN(C)[C@@H](C(=O)N1CCC[C@@H]1C(=O)N(C(=O)C1CCCN1)c1ccc(-c2cnc(-c3ccc(N(C(=O)[C@@H]4CCCN4)C(=O)[C@H]4CCCN4C(=O)[C@@H](c4ccccc4)N(C)C)cc3)o2)cc1)c1ccccc1. The number of carbonyl (C=O) groups is 6. The van der Waals surface area contributed by atoms with Gasteiger partial charge >= 0.3 is 0 Å². The van der Waals surface area contributed by atoms with E-state index in [0.29, 0.717) is 98.9 Å². The van der Waals surface area contributed by atoms with Crippen LogP contribution in [0, 0.1) is 0 Å². The van der Waals surface area contributed by atoms with E-state index in [9.17, 15) is 28.8 Å². The van der Waals surface area contributed by atoms with Crippen molar-refractivity contribution in [3.05, 3.63) is 127 Å². The number of anilines is 2. The van der Waals surface area contributed by atoms with E-state index in [1.165, 1.54) is 9.80 Å². The molecule has 6 amide bonds. The fourth-order valence-corrected chi connectivity index (χ4v) is 10.7. The Hall–Kier alpha value is -6.85. The summed E-state index contributed by atoms with van der Waals surface area (Å²) in [6.07, 6.45) is 6.56. The van der Waals surface area contributed by atoms with Crippen molar-refractivity contribution >= 4 is 46.8 Å². The van der Waals surface area contributed by atoms with Crippen molar-refractivity contribution in [3.63, 3.8) is 0 Å². The zero-order valence-electron chi connectivity index (χ0n) is 40.9. The van der Waals surface area contributed by atoms with Gasteiger partial charge in [0, 0.05) is 24.2 Å². The standard InChI is InChI=1S/C55H63N9O7/c1-59(2)47(37-15-7-5-8-16-37)54(69)61-33-13-21-44(61)52(67)63(50(65)42-19-11-31-56-42)40-27-23-36(24-28-40)46-35-58-49(71-46)39-25-29-41(30-26-39)64(51(66)43-20-12-32-57-43)53(68)45-22-14-34-62(45)55(70)48(60(3)4)38-17-9-6-10-18-38/h5-10,15-18,23-30,35,42-45,47-48,56-57H,11-14,19-22,31-34H2,1-4H3/t42?,43-,44+,45+,47+,48+/m0/s1. The molecule has 4 fully saturated rings. The van der Waals surface area contributed by atoms with Crippen LogP contribution in [0.15, 0.2) is 120 Å². The minimum absolute atomic E-state index is 0.183. The predicted molar refractivity (Wildman–Crippen MR) is 270 cm³/mol. The second-order valence-corrected chi connectivity index (χ2v) is 19.4. The van der Waals surface area contributed by atoms with Gasteiger partial charge in [-0.1, -0.05) is 60.7 Å². The van der Waals surface area contributed by atoms with Crippen LogP contribution in [0.5, 0.6) is 0 Å². The van der Waals surface area contributed by atoms with E-state index in [-0.39, 0.29) is 23.6 Å². The Labute approximate surface area is 414 Å². The number of hydrogen-bond acceptors (Lipinski definition) is 12. The molecule has 4 aromatic carbocycles. The van der Waals surface area contributed by atoms with E-state index >= 15 is 0 Å². The van der Waals surface area contributed by atoms with Crippen LogP contribution in [0.1, 0.15) is 74.6 Å².